The Morgan fingerprint density at radius 1 is 1.36 bits per heavy atom. The van der Waals surface area contributed by atoms with Gasteiger partial charge in [0, 0.05) is 0 Å². The van der Waals surface area contributed by atoms with Gasteiger partial charge in [0.2, 0.25) is 0 Å². The van der Waals surface area contributed by atoms with Gasteiger partial charge in [0.1, 0.15) is 0 Å². The molecule has 0 heterocycles. The van der Waals surface area contributed by atoms with Crippen LogP contribution in [0, 0.1) is 5.92 Å². The first-order valence-corrected chi connectivity index (χ1v) is 4.37. The van der Waals surface area contributed by atoms with E-state index in [0.29, 0.717) is 5.92 Å². The molecule has 0 aromatic heterocycles. The van der Waals surface area contributed by atoms with E-state index in [1.54, 1.807) is 0 Å². The first-order valence-electron chi connectivity index (χ1n) is 4.37. The van der Waals surface area contributed by atoms with Crippen LogP contribution in [0.25, 0.3) is 0 Å². The molecule has 0 radical (unpaired) electrons. The van der Waals surface area contributed by atoms with Gasteiger partial charge in [0.25, 0.3) is 0 Å². The summed E-state index contributed by atoms with van der Waals surface area (Å²) >= 11 is 0. The Balaban J connectivity index is 4.46. The Morgan fingerprint density at radius 2 is 1.82 bits per heavy atom. The van der Waals surface area contributed by atoms with Crippen LogP contribution in [-0.4, -0.2) is 31.7 Å². The molecule has 0 saturated heterocycles. The third-order valence-corrected chi connectivity index (χ3v) is 2.73. The molecule has 11 heavy (non-hydrogen) atoms. The van der Waals surface area contributed by atoms with Crippen molar-refractivity contribution in [3.8, 4) is 0 Å². The summed E-state index contributed by atoms with van der Waals surface area (Å²) in [5.41, 5.74) is 0.167. The Morgan fingerprint density at radius 3 is 1.82 bits per heavy atom. The predicted molar refractivity (Wildman–Crippen MR) is 50.6 cm³/mol. The van der Waals surface area contributed by atoms with E-state index in [9.17, 15) is 0 Å². The van der Waals surface area contributed by atoms with Crippen molar-refractivity contribution in [2.45, 2.75) is 32.9 Å². The minimum absolute atomic E-state index is 0.167. The molecule has 2 heteroatoms. The second-order valence-corrected chi connectivity index (χ2v) is 3.58. The summed E-state index contributed by atoms with van der Waals surface area (Å²) in [7, 11) is 6.28. The molecular formula is C9H22N2. The molecule has 0 aromatic rings. The predicted octanol–water partition coefficient (Wildman–Crippen LogP) is 1.53. The van der Waals surface area contributed by atoms with Gasteiger partial charge in [0.05, 0.1) is 5.66 Å². The van der Waals surface area contributed by atoms with Gasteiger partial charge in [-0.25, -0.2) is 0 Å². The lowest BCUT2D eigenvalue weighted by Crippen LogP contribution is -2.57. The van der Waals surface area contributed by atoms with E-state index in [4.69, 9.17) is 0 Å². The van der Waals surface area contributed by atoms with Gasteiger partial charge < -0.3 is 5.32 Å². The van der Waals surface area contributed by atoms with E-state index in [0.717, 1.165) is 6.42 Å². The number of nitrogens with one attached hydrogen (secondary N) is 1. The van der Waals surface area contributed by atoms with Crippen LogP contribution in [0.3, 0.4) is 0 Å². The van der Waals surface area contributed by atoms with Gasteiger partial charge in [-0.05, 0) is 33.5 Å². The van der Waals surface area contributed by atoms with Gasteiger partial charge >= 0.3 is 0 Å². The average molecular weight is 158 g/mol. The van der Waals surface area contributed by atoms with E-state index in [-0.39, 0.29) is 5.66 Å². The molecule has 0 aliphatic heterocycles. The number of rotatable bonds is 4. The van der Waals surface area contributed by atoms with Gasteiger partial charge in [-0.2, -0.15) is 0 Å². The minimum Gasteiger partial charge on any atom is -0.302 e. The molecular weight excluding hydrogens is 136 g/mol. The fraction of sp³-hybridized carbons (Fsp3) is 1.00. The average Bonchev–Trinajstić information content (AvgIpc) is 1.90. The smallest absolute Gasteiger partial charge is 0.0725 e. The van der Waals surface area contributed by atoms with Crippen molar-refractivity contribution in [1.82, 2.24) is 10.2 Å². The van der Waals surface area contributed by atoms with Crippen molar-refractivity contribution in [2.24, 2.45) is 5.92 Å². The van der Waals surface area contributed by atoms with E-state index in [1.165, 1.54) is 0 Å². The third kappa shape index (κ3) is 1.94. The normalized spacial score (nSPS) is 17.5. The van der Waals surface area contributed by atoms with Gasteiger partial charge in [0.15, 0.2) is 0 Å². The van der Waals surface area contributed by atoms with Crippen molar-refractivity contribution in [3.63, 3.8) is 0 Å². The zero-order chi connectivity index (χ0) is 9.07. The molecule has 0 rings (SSSR count). The molecule has 0 amide bonds. The fourth-order valence-electron chi connectivity index (χ4n) is 1.93. The summed E-state index contributed by atoms with van der Waals surface area (Å²) in [5, 5.41) is 3.39. The van der Waals surface area contributed by atoms with Crippen LogP contribution in [0.4, 0.5) is 0 Å². The van der Waals surface area contributed by atoms with E-state index in [2.05, 4.69) is 45.1 Å². The van der Waals surface area contributed by atoms with Gasteiger partial charge in [-0.15, -0.1) is 0 Å². The first kappa shape index (κ1) is 10.9. The number of nitrogens with zero attached hydrogens (tertiary/aromatic N) is 1. The highest BCUT2D eigenvalue weighted by molar-refractivity contribution is 4.85. The monoisotopic (exact) mass is 158 g/mol. The molecule has 68 valence electrons. The first-order chi connectivity index (χ1) is 5.01. The topological polar surface area (TPSA) is 15.3 Å². The largest absolute Gasteiger partial charge is 0.302 e. The highest BCUT2D eigenvalue weighted by Crippen LogP contribution is 2.22. The fourth-order valence-corrected chi connectivity index (χ4v) is 1.93. The SMILES string of the molecule is CCC(NC)(C(C)C)N(C)C. The standard InChI is InChI=1S/C9H22N2/c1-7-9(10-4,8(2)3)11(5)6/h8,10H,7H2,1-6H3. The van der Waals surface area contributed by atoms with Crippen LogP contribution < -0.4 is 5.32 Å². The van der Waals surface area contributed by atoms with Crippen LogP contribution in [-0.2, 0) is 0 Å². The maximum Gasteiger partial charge on any atom is 0.0725 e. The second-order valence-electron chi connectivity index (χ2n) is 3.58. The lowest BCUT2D eigenvalue weighted by atomic mass is 9.92. The van der Waals surface area contributed by atoms with E-state index < -0.39 is 0 Å². The summed E-state index contributed by atoms with van der Waals surface area (Å²) in [6.45, 7) is 6.72. The molecule has 0 aliphatic rings. The molecule has 0 fully saturated rings. The Kier molecular flexibility index (Phi) is 4.04. The van der Waals surface area contributed by atoms with E-state index in [1.807, 2.05) is 7.05 Å². The molecule has 0 aromatic carbocycles. The maximum absolute atomic E-state index is 3.39. The van der Waals surface area contributed by atoms with Crippen molar-refractivity contribution in [3.05, 3.63) is 0 Å². The summed E-state index contributed by atoms with van der Waals surface area (Å²) in [5.74, 6) is 0.632. The second kappa shape index (κ2) is 4.07. The highest BCUT2D eigenvalue weighted by atomic mass is 15.3. The quantitative estimate of drug-likeness (QED) is 0.624. The zero-order valence-corrected chi connectivity index (χ0v) is 8.73. The molecule has 0 spiro atoms. The number of hydrogen-bond acceptors (Lipinski definition) is 2. The Labute approximate surface area is 71.0 Å². The molecule has 0 bridgehead atoms. The Bertz CT molecular complexity index is 94.1. The molecule has 0 saturated carbocycles. The van der Waals surface area contributed by atoms with Crippen molar-refractivity contribution in [2.75, 3.05) is 21.1 Å². The van der Waals surface area contributed by atoms with Crippen LogP contribution in [0.2, 0.25) is 0 Å². The Hall–Kier alpha value is -0.0800. The maximum atomic E-state index is 3.39. The van der Waals surface area contributed by atoms with Crippen LogP contribution in [0.15, 0.2) is 0 Å². The van der Waals surface area contributed by atoms with Crippen LogP contribution in [0.1, 0.15) is 27.2 Å². The van der Waals surface area contributed by atoms with Crippen molar-refractivity contribution >= 4 is 0 Å². The lowest BCUT2D eigenvalue weighted by Gasteiger charge is -2.42. The molecule has 2 nitrogen and oxygen atoms in total. The van der Waals surface area contributed by atoms with Gasteiger partial charge in [-0.1, -0.05) is 20.8 Å². The molecule has 1 unspecified atom stereocenters. The molecule has 1 N–H and O–H groups in total. The summed E-state index contributed by atoms with van der Waals surface area (Å²) in [6, 6.07) is 0. The van der Waals surface area contributed by atoms with Crippen LogP contribution in [0.5, 0.6) is 0 Å². The zero-order valence-electron chi connectivity index (χ0n) is 8.73. The summed E-state index contributed by atoms with van der Waals surface area (Å²) in [4.78, 5) is 2.26. The number of hydrogen-bond donors (Lipinski definition) is 1. The lowest BCUT2D eigenvalue weighted by molar-refractivity contribution is 0.0604. The van der Waals surface area contributed by atoms with E-state index >= 15 is 0 Å². The van der Waals surface area contributed by atoms with Crippen LogP contribution >= 0.6 is 0 Å². The molecule has 1 atom stereocenters. The summed E-state index contributed by atoms with van der Waals surface area (Å²) < 4.78 is 0. The van der Waals surface area contributed by atoms with Gasteiger partial charge in [-0.3, -0.25) is 4.90 Å². The minimum atomic E-state index is 0.167. The van der Waals surface area contributed by atoms with Crippen molar-refractivity contribution < 1.29 is 0 Å². The highest BCUT2D eigenvalue weighted by Gasteiger charge is 2.31. The van der Waals surface area contributed by atoms with Crippen molar-refractivity contribution in [1.29, 1.82) is 0 Å². The third-order valence-electron chi connectivity index (χ3n) is 2.73. The summed E-state index contributed by atoms with van der Waals surface area (Å²) in [6.07, 6.45) is 1.13. The molecule has 0 aliphatic carbocycles.